The molecule has 6 heteroatoms. The van der Waals surface area contributed by atoms with Crippen molar-refractivity contribution in [3.63, 3.8) is 0 Å². The third-order valence-corrected chi connectivity index (χ3v) is 3.59. The zero-order valence-corrected chi connectivity index (χ0v) is 10.2. The molecule has 0 aromatic heterocycles. The molecule has 78 valence electrons. The van der Waals surface area contributed by atoms with Crippen LogP contribution in [-0.2, 0) is 10.2 Å². The Bertz CT molecular complexity index is 431. The Kier molecular flexibility index (Phi) is 3.52. The molecule has 1 aromatic carbocycles. The van der Waals surface area contributed by atoms with Gasteiger partial charge in [-0.05, 0) is 24.6 Å². The van der Waals surface area contributed by atoms with Crippen LogP contribution in [0.25, 0.3) is 0 Å². The fourth-order valence-corrected chi connectivity index (χ4v) is 1.78. The molecule has 0 radical (unpaired) electrons. The highest BCUT2D eigenvalue weighted by Gasteiger charge is 2.06. The zero-order valence-electron chi connectivity index (χ0n) is 7.83. The molecule has 0 aliphatic rings. The van der Waals surface area contributed by atoms with E-state index in [1.165, 1.54) is 7.05 Å². The van der Waals surface area contributed by atoms with Crippen LogP contribution in [0.5, 0.6) is 0 Å². The summed E-state index contributed by atoms with van der Waals surface area (Å²) in [7, 11) is -2.07. The highest BCUT2D eigenvalue weighted by molar-refractivity contribution is 9.10. The Hall–Kier alpha value is -0.590. The number of hydrogen-bond donors (Lipinski definition) is 2. The predicted molar refractivity (Wildman–Crippen MR) is 60.5 cm³/mol. The zero-order chi connectivity index (χ0) is 10.8. The summed E-state index contributed by atoms with van der Waals surface area (Å²) in [4.78, 5) is 0. The quantitative estimate of drug-likeness (QED) is 0.883. The van der Waals surface area contributed by atoms with Crippen LogP contribution < -0.4 is 9.44 Å². The van der Waals surface area contributed by atoms with E-state index in [-0.39, 0.29) is 0 Å². The monoisotopic (exact) mass is 278 g/mol. The molecule has 2 N–H and O–H groups in total. The van der Waals surface area contributed by atoms with E-state index in [1.54, 1.807) is 12.1 Å². The first kappa shape index (κ1) is 11.5. The lowest BCUT2D eigenvalue weighted by atomic mass is 10.2. The van der Waals surface area contributed by atoms with Gasteiger partial charge in [0.1, 0.15) is 0 Å². The summed E-state index contributed by atoms with van der Waals surface area (Å²) in [5, 5.41) is 0. The second-order valence-corrected chi connectivity index (χ2v) is 5.25. The van der Waals surface area contributed by atoms with Gasteiger partial charge in [0, 0.05) is 11.5 Å². The van der Waals surface area contributed by atoms with Gasteiger partial charge < -0.3 is 0 Å². The SMILES string of the molecule is CNS(=O)(=O)Nc1ccc(C)c(Br)c1. The predicted octanol–water partition coefficient (Wildman–Crippen LogP) is 1.63. The number of anilines is 1. The van der Waals surface area contributed by atoms with E-state index in [9.17, 15) is 8.42 Å². The third kappa shape index (κ3) is 2.97. The fourth-order valence-electron chi connectivity index (χ4n) is 0.863. The van der Waals surface area contributed by atoms with E-state index < -0.39 is 10.2 Å². The lowest BCUT2D eigenvalue weighted by Crippen LogP contribution is -2.26. The minimum Gasteiger partial charge on any atom is -0.271 e. The first-order chi connectivity index (χ1) is 6.44. The molecule has 1 aromatic rings. The largest absolute Gasteiger partial charge is 0.298 e. The topological polar surface area (TPSA) is 58.2 Å². The van der Waals surface area contributed by atoms with Crippen molar-refractivity contribution >= 4 is 31.8 Å². The summed E-state index contributed by atoms with van der Waals surface area (Å²) in [6, 6.07) is 5.25. The number of halogens is 1. The van der Waals surface area contributed by atoms with Gasteiger partial charge >= 0.3 is 0 Å². The molecular formula is C8H11BrN2O2S. The first-order valence-corrected chi connectivity index (χ1v) is 6.19. The van der Waals surface area contributed by atoms with Crippen molar-refractivity contribution in [3.05, 3.63) is 28.2 Å². The van der Waals surface area contributed by atoms with Crippen molar-refractivity contribution < 1.29 is 8.42 Å². The molecule has 0 fully saturated rings. The average molecular weight is 279 g/mol. The number of hydrogen-bond acceptors (Lipinski definition) is 2. The summed E-state index contributed by atoms with van der Waals surface area (Å²) in [5.41, 5.74) is 1.58. The Labute approximate surface area is 92.0 Å². The van der Waals surface area contributed by atoms with Crippen LogP contribution in [0, 0.1) is 6.92 Å². The van der Waals surface area contributed by atoms with Crippen molar-refractivity contribution in [2.75, 3.05) is 11.8 Å². The lowest BCUT2D eigenvalue weighted by Gasteiger charge is -2.07. The van der Waals surface area contributed by atoms with Gasteiger partial charge in [-0.1, -0.05) is 22.0 Å². The minimum atomic E-state index is -3.42. The molecule has 0 aliphatic heterocycles. The molecule has 0 saturated carbocycles. The second-order valence-electron chi connectivity index (χ2n) is 2.77. The molecule has 0 heterocycles. The fraction of sp³-hybridized carbons (Fsp3) is 0.250. The smallest absolute Gasteiger partial charge is 0.271 e. The van der Waals surface area contributed by atoms with E-state index in [1.807, 2.05) is 13.0 Å². The van der Waals surface area contributed by atoms with E-state index in [2.05, 4.69) is 25.4 Å². The third-order valence-electron chi connectivity index (χ3n) is 1.69. The summed E-state index contributed by atoms with van der Waals surface area (Å²) < 4.78 is 27.7. The number of benzene rings is 1. The van der Waals surface area contributed by atoms with Crippen LogP contribution in [-0.4, -0.2) is 15.5 Å². The van der Waals surface area contributed by atoms with E-state index in [0.717, 1.165) is 10.0 Å². The van der Waals surface area contributed by atoms with Gasteiger partial charge in [0.2, 0.25) is 0 Å². The molecule has 0 bridgehead atoms. The molecule has 0 amide bonds. The van der Waals surface area contributed by atoms with E-state index >= 15 is 0 Å². The molecule has 0 aliphatic carbocycles. The number of rotatable bonds is 3. The van der Waals surface area contributed by atoms with E-state index in [4.69, 9.17) is 0 Å². The molecule has 0 unspecified atom stereocenters. The van der Waals surface area contributed by atoms with Crippen LogP contribution in [0.3, 0.4) is 0 Å². The Morgan fingerprint density at radius 2 is 2.00 bits per heavy atom. The summed E-state index contributed by atoms with van der Waals surface area (Å²) in [6.07, 6.45) is 0. The maximum atomic E-state index is 11.1. The highest BCUT2D eigenvalue weighted by Crippen LogP contribution is 2.20. The highest BCUT2D eigenvalue weighted by atomic mass is 79.9. The van der Waals surface area contributed by atoms with Crippen LogP contribution >= 0.6 is 15.9 Å². The van der Waals surface area contributed by atoms with Crippen molar-refractivity contribution in [2.45, 2.75) is 6.92 Å². The molecular weight excluding hydrogens is 268 g/mol. The van der Waals surface area contributed by atoms with Gasteiger partial charge in [-0.3, -0.25) is 4.72 Å². The Morgan fingerprint density at radius 3 is 2.50 bits per heavy atom. The Morgan fingerprint density at radius 1 is 1.36 bits per heavy atom. The van der Waals surface area contributed by atoms with Gasteiger partial charge in [-0.25, -0.2) is 4.72 Å². The second kappa shape index (κ2) is 4.29. The number of aryl methyl sites for hydroxylation is 1. The molecule has 14 heavy (non-hydrogen) atoms. The maximum absolute atomic E-state index is 11.1. The molecule has 1 rings (SSSR count). The van der Waals surface area contributed by atoms with Gasteiger partial charge in [0.05, 0.1) is 5.69 Å². The van der Waals surface area contributed by atoms with Gasteiger partial charge in [0.15, 0.2) is 0 Å². The lowest BCUT2D eigenvalue weighted by molar-refractivity contribution is 0.593. The van der Waals surface area contributed by atoms with Crippen molar-refractivity contribution in [2.24, 2.45) is 0 Å². The van der Waals surface area contributed by atoms with Crippen LogP contribution in [0.15, 0.2) is 22.7 Å². The van der Waals surface area contributed by atoms with Gasteiger partial charge in [0.25, 0.3) is 10.2 Å². The average Bonchev–Trinajstić information content (AvgIpc) is 2.11. The van der Waals surface area contributed by atoms with Crippen LogP contribution in [0.4, 0.5) is 5.69 Å². The van der Waals surface area contributed by atoms with Crippen LogP contribution in [0.2, 0.25) is 0 Å². The number of nitrogens with one attached hydrogen (secondary N) is 2. The first-order valence-electron chi connectivity index (χ1n) is 3.92. The molecule has 0 saturated heterocycles. The van der Waals surface area contributed by atoms with Gasteiger partial charge in [-0.15, -0.1) is 0 Å². The van der Waals surface area contributed by atoms with Gasteiger partial charge in [-0.2, -0.15) is 8.42 Å². The minimum absolute atomic E-state index is 0.525. The summed E-state index contributed by atoms with van der Waals surface area (Å²) in [6.45, 7) is 1.93. The summed E-state index contributed by atoms with van der Waals surface area (Å²) in [5.74, 6) is 0. The maximum Gasteiger partial charge on any atom is 0.298 e. The normalized spacial score (nSPS) is 11.4. The van der Waals surface area contributed by atoms with Crippen molar-refractivity contribution in [1.82, 2.24) is 4.72 Å². The van der Waals surface area contributed by atoms with E-state index in [0.29, 0.717) is 5.69 Å². The van der Waals surface area contributed by atoms with Crippen LogP contribution in [0.1, 0.15) is 5.56 Å². The molecule has 4 nitrogen and oxygen atoms in total. The van der Waals surface area contributed by atoms with Crippen molar-refractivity contribution in [3.8, 4) is 0 Å². The Balaban J connectivity index is 2.94. The summed E-state index contributed by atoms with van der Waals surface area (Å²) >= 11 is 3.32. The molecule has 0 spiro atoms. The molecule has 0 atom stereocenters. The van der Waals surface area contributed by atoms with Crippen molar-refractivity contribution in [1.29, 1.82) is 0 Å². The standard InChI is InChI=1S/C8H11BrN2O2S/c1-6-3-4-7(5-8(6)9)11-14(12,13)10-2/h3-5,10-11H,1-2H3.